The van der Waals surface area contributed by atoms with Crippen LogP contribution >= 0.6 is 11.8 Å². The number of halogens is 5. The molecule has 0 amide bonds. The Morgan fingerprint density at radius 1 is 0.966 bits per heavy atom. The Morgan fingerprint density at radius 3 is 2.03 bits per heavy atom. The molecule has 2 aromatic carbocycles. The fourth-order valence-corrected chi connectivity index (χ4v) is 4.00. The minimum absolute atomic E-state index is 0.0463. The summed E-state index contributed by atoms with van der Waals surface area (Å²) in [5, 5.41) is 3.00. The van der Waals surface area contributed by atoms with Gasteiger partial charge in [-0.2, -0.15) is 0 Å². The van der Waals surface area contributed by atoms with E-state index < -0.39 is 34.8 Å². The zero-order valence-corrected chi connectivity index (χ0v) is 16.8. The number of hydrogen-bond acceptors (Lipinski definition) is 3. The molecule has 2 nitrogen and oxygen atoms in total. The molecule has 0 radical (unpaired) electrons. The van der Waals surface area contributed by atoms with Crippen LogP contribution in [0, 0.1) is 34.5 Å². The highest BCUT2D eigenvalue weighted by Crippen LogP contribution is 2.34. The third-order valence-corrected chi connectivity index (χ3v) is 5.50. The minimum Gasteiger partial charge on any atom is -0.350 e. The molecule has 0 spiro atoms. The zero-order valence-electron chi connectivity index (χ0n) is 16.0. The average Bonchev–Trinajstić information content (AvgIpc) is 3.17. The molecule has 2 aromatic rings. The summed E-state index contributed by atoms with van der Waals surface area (Å²) in [6, 6.07) is 8.51. The Labute approximate surface area is 169 Å². The fraction of sp³-hybridized carbons (Fsp3) is 0.286. The Kier molecular flexibility index (Phi) is 6.03. The molecule has 0 aromatic heterocycles. The van der Waals surface area contributed by atoms with Crippen molar-refractivity contribution in [1.82, 2.24) is 0 Å². The molecule has 154 valence electrons. The minimum atomic E-state index is -2.19. The lowest BCUT2D eigenvalue weighted by Crippen LogP contribution is -2.24. The average molecular weight is 426 g/mol. The van der Waals surface area contributed by atoms with E-state index in [0.29, 0.717) is 10.6 Å². The largest absolute Gasteiger partial charge is 0.350 e. The number of aliphatic imine (C=N–C) groups is 1. The van der Waals surface area contributed by atoms with Gasteiger partial charge in [0.05, 0.1) is 11.1 Å². The van der Waals surface area contributed by atoms with E-state index in [2.05, 4.69) is 31.1 Å². The maximum absolute atomic E-state index is 14.2. The normalized spacial score (nSPS) is 17.4. The second-order valence-electron chi connectivity index (χ2n) is 7.65. The quantitative estimate of drug-likeness (QED) is 0.348. The topological polar surface area (TPSA) is 24.4 Å². The van der Waals surface area contributed by atoms with Crippen LogP contribution in [0.5, 0.6) is 0 Å². The van der Waals surface area contributed by atoms with Gasteiger partial charge < -0.3 is 5.32 Å². The van der Waals surface area contributed by atoms with Crippen molar-refractivity contribution in [2.45, 2.75) is 26.8 Å². The summed E-state index contributed by atoms with van der Waals surface area (Å²) in [7, 11) is 0. The summed E-state index contributed by atoms with van der Waals surface area (Å²) >= 11 is 1.47. The Bertz CT molecular complexity index is 952. The SMILES string of the molecule is CC(C)(C)C1CSC(C=C(Nc2c(F)c(F)c(F)c(F)c2F)c2ccccc2)=N1. The first-order valence-electron chi connectivity index (χ1n) is 8.85. The van der Waals surface area contributed by atoms with Crippen molar-refractivity contribution in [2.24, 2.45) is 10.4 Å². The number of hydrogen-bond donors (Lipinski definition) is 1. The summed E-state index contributed by atoms with van der Waals surface area (Å²) in [6.07, 6.45) is 1.56. The summed E-state index contributed by atoms with van der Waals surface area (Å²) in [6.45, 7) is 6.17. The lowest BCUT2D eigenvalue weighted by molar-refractivity contribution is 0.349. The lowest BCUT2D eigenvalue weighted by atomic mass is 9.88. The van der Waals surface area contributed by atoms with Gasteiger partial charge in [-0.25, -0.2) is 22.0 Å². The van der Waals surface area contributed by atoms with Crippen LogP contribution in [0.1, 0.15) is 26.3 Å². The number of nitrogens with zero attached hydrogens (tertiary/aromatic N) is 1. The van der Waals surface area contributed by atoms with E-state index in [-0.39, 0.29) is 17.2 Å². The van der Waals surface area contributed by atoms with Crippen LogP contribution in [0.2, 0.25) is 0 Å². The summed E-state index contributed by atoms with van der Waals surface area (Å²) in [4.78, 5) is 4.63. The summed E-state index contributed by atoms with van der Waals surface area (Å²) < 4.78 is 68.9. The van der Waals surface area contributed by atoms with Crippen molar-refractivity contribution in [2.75, 3.05) is 11.1 Å². The van der Waals surface area contributed by atoms with E-state index in [0.717, 1.165) is 5.75 Å². The molecule has 0 fully saturated rings. The number of thioether (sulfide) groups is 1. The summed E-state index contributed by atoms with van der Waals surface area (Å²) in [5.74, 6) is -9.30. The first kappa shape index (κ1) is 21.4. The Morgan fingerprint density at radius 2 is 1.52 bits per heavy atom. The predicted octanol–water partition coefficient (Wildman–Crippen LogP) is 6.40. The standard InChI is InChI=1S/C21H19F5N2S/c1-21(2,3)13-10-29-14(28-13)9-12(11-7-5-4-6-8-11)27-20-18(25)16(23)15(22)17(24)19(20)26/h4-9,13,27H,10H2,1-3H3. The van der Waals surface area contributed by atoms with Gasteiger partial charge in [0.25, 0.3) is 0 Å². The fourth-order valence-electron chi connectivity index (χ4n) is 2.70. The van der Waals surface area contributed by atoms with Gasteiger partial charge in [0.1, 0.15) is 5.69 Å². The van der Waals surface area contributed by atoms with Crippen LogP contribution in [0.4, 0.5) is 27.6 Å². The van der Waals surface area contributed by atoms with Crippen molar-refractivity contribution >= 4 is 28.2 Å². The molecule has 1 aliphatic heterocycles. The molecule has 0 bridgehead atoms. The predicted molar refractivity (Wildman–Crippen MR) is 107 cm³/mol. The molecule has 1 N–H and O–H groups in total. The molecular formula is C21H19F5N2S. The molecule has 3 rings (SSSR count). The van der Waals surface area contributed by atoms with Gasteiger partial charge in [-0.05, 0) is 17.1 Å². The zero-order chi connectivity index (χ0) is 21.3. The molecule has 8 heteroatoms. The van der Waals surface area contributed by atoms with Gasteiger partial charge in [-0.15, -0.1) is 11.8 Å². The van der Waals surface area contributed by atoms with Gasteiger partial charge in [0, 0.05) is 11.4 Å². The molecule has 0 aliphatic carbocycles. The molecule has 1 aliphatic rings. The Balaban J connectivity index is 2.06. The van der Waals surface area contributed by atoms with Crippen molar-refractivity contribution in [3.05, 3.63) is 71.1 Å². The van der Waals surface area contributed by atoms with E-state index in [1.54, 1.807) is 36.4 Å². The van der Waals surface area contributed by atoms with E-state index in [1.807, 2.05) is 0 Å². The highest BCUT2D eigenvalue weighted by atomic mass is 32.2. The second kappa shape index (κ2) is 8.18. The highest BCUT2D eigenvalue weighted by molar-refractivity contribution is 8.14. The first-order valence-corrected chi connectivity index (χ1v) is 9.84. The molecule has 0 saturated heterocycles. The van der Waals surface area contributed by atoms with Gasteiger partial charge in [0.15, 0.2) is 23.3 Å². The monoisotopic (exact) mass is 426 g/mol. The highest BCUT2D eigenvalue weighted by Gasteiger charge is 2.30. The molecule has 1 atom stereocenters. The maximum Gasteiger partial charge on any atom is 0.200 e. The van der Waals surface area contributed by atoms with Crippen LogP contribution in [0.15, 0.2) is 41.4 Å². The smallest absolute Gasteiger partial charge is 0.200 e. The molecule has 1 unspecified atom stereocenters. The van der Waals surface area contributed by atoms with Gasteiger partial charge in [-0.1, -0.05) is 51.1 Å². The van der Waals surface area contributed by atoms with Crippen LogP contribution in [-0.4, -0.2) is 16.8 Å². The third-order valence-electron chi connectivity index (χ3n) is 4.49. The van der Waals surface area contributed by atoms with Crippen molar-refractivity contribution in [1.29, 1.82) is 0 Å². The number of benzene rings is 2. The molecule has 1 heterocycles. The lowest BCUT2D eigenvalue weighted by Gasteiger charge is -2.23. The van der Waals surface area contributed by atoms with E-state index in [1.165, 1.54) is 11.8 Å². The van der Waals surface area contributed by atoms with Crippen LogP contribution < -0.4 is 5.32 Å². The van der Waals surface area contributed by atoms with Gasteiger partial charge >= 0.3 is 0 Å². The van der Waals surface area contributed by atoms with Crippen molar-refractivity contribution in [3.8, 4) is 0 Å². The number of nitrogens with one attached hydrogen (secondary N) is 1. The first-order chi connectivity index (χ1) is 13.6. The third kappa shape index (κ3) is 4.47. The van der Waals surface area contributed by atoms with E-state index in [4.69, 9.17) is 0 Å². The molecule has 29 heavy (non-hydrogen) atoms. The van der Waals surface area contributed by atoms with Gasteiger partial charge in [0.2, 0.25) is 5.82 Å². The Hall–Kier alpha value is -2.35. The molecule has 0 saturated carbocycles. The van der Waals surface area contributed by atoms with Gasteiger partial charge in [-0.3, -0.25) is 4.99 Å². The summed E-state index contributed by atoms with van der Waals surface area (Å²) in [5.41, 5.74) is -0.481. The van der Waals surface area contributed by atoms with Crippen LogP contribution in [0.3, 0.4) is 0 Å². The maximum atomic E-state index is 14.2. The van der Waals surface area contributed by atoms with Crippen LogP contribution in [0.25, 0.3) is 5.70 Å². The van der Waals surface area contributed by atoms with E-state index in [9.17, 15) is 22.0 Å². The van der Waals surface area contributed by atoms with E-state index >= 15 is 0 Å². The molecular weight excluding hydrogens is 407 g/mol. The van der Waals surface area contributed by atoms with Crippen LogP contribution in [-0.2, 0) is 0 Å². The number of anilines is 1. The van der Waals surface area contributed by atoms with Crippen molar-refractivity contribution in [3.63, 3.8) is 0 Å². The number of rotatable bonds is 4. The van der Waals surface area contributed by atoms with Crippen molar-refractivity contribution < 1.29 is 22.0 Å². The second-order valence-corrected chi connectivity index (χ2v) is 8.69.